The van der Waals surface area contributed by atoms with E-state index in [4.69, 9.17) is 4.74 Å². The number of rotatable bonds is 4. The number of pyridine rings is 1. The molecule has 0 saturated carbocycles. The third kappa shape index (κ3) is 4.31. The molecule has 1 fully saturated rings. The number of carbonyl (C=O) groups is 1. The minimum Gasteiger partial charge on any atom is -0.379 e. The largest absolute Gasteiger partial charge is 0.379 e. The number of anilines is 2. The van der Waals surface area contributed by atoms with Crippen LogP contribution in [-0.4, -0.2) is 42.2 Å². The van der Waals surface area contributed by atoms with Crippen molar-refractivity contribution in [3.05, 3.63) is 54.4 Å². The van der Waals surface area contributed by atoms with Gasteiger partial charge in [-0.3, -0.25) is 9.88 Å². The standard InChI is InChI=1S/C18H22N4O2/c1-14(22-10-12-24-13-11-22)15-2-4-16(5-3-15)20-18(23)21-17-6-8-19-9-7-17/h2-9,14H,10-13H2,1H3,(H2,19,20,21,23)/t14-/m1/s1. The van der Waals surface area contributed by atoms with Crippen LogP contribution < -0.4 is 10.6 Å². The van der Waals surface area contributed by atoms with Crippen molar-refractivity contribution in [3.63, 3.8) is 0 Å². The summed E-state index contributed by atoms with van der Waals surface area (Å²) in [5, 5.41) is 5.60. The van der Waals surface area contributed by atoms with E-state index in [0.29, 0.717) is 11.7 Å². The first-order valence-corrected chi connectivity index (χ1v) is 8.12. The Balaban J connectivity index is 1.57. The molecule has 1 aliphatic rings. The fraction of sp³-hybridized carbons (Fsp3) is 0.333. The van der Waals surface area contributed by atoms with Gasteiger partial charge in [-0.1, -0.05) is 12.1 Å². The van der Waals surface area contributed by atoms with Crippen LogP contribution in [0.4, 0.5) is 16.2 Å². The molecule has 0 aliphatic carbocycles. The highest BCUT2D eigenvalue weighted by molar-refractivity contribution is 5.99. The van der Waals surface area contributed by atoms with Gasteiger partial charge in [0.15, 0.2) is 0 Å². The third-order valence-corrected chi connectivity index (χ3v) is 4.18. The molecule has 2 amide bonds. The highest BCUT2D eigenvalue weighted by atomic mass is 16.5. The summed E-state index contributed by atoms with van der Waals surface area (Å²) in [6.45, 7) is 5.69. The van der Waals surface area contributed by atoms with Crippen molar-refractivity contribution in [1.82, 2.24) is 9.88 Å². The van der Waals surface area contributed by atoms with E-state index in [9.17, 15) is 4.79 Å². The maximum absolute atomic E-state index is 12.0. The van der Waals surface area contributed by atoms with Crippen molar-refractivity contribution in [2.75, 3.05) is 36.9 Å². The number of nitrogens with one attached hydrogen (secondary N) is 2. The molecule has 24 heavy (non-hydrogen) atoms. The van der Waals surface area contributed by atoms with Crippen LogP contribution in [0, 0.1) is 0 Å². The number of ether oxygens (including phenoxy) is 1. The van der Waals surface area contributed by atoms with E-state index in [1.54, 1.807) is 24.5 Å². The van der Waals surface area contributed by atoms with E-state index in [1.807, 2.05) is 12.1 Å². The van der Waals surface area contributed by atoms with E-state index in [2.05, 4.69) is 39.6 Å². The zero-order valence-corrected chi connectivity index (χ0v) is 13.7. The molecular weight excluding hydrogens is 304 g/mol. The molecule has 0 spiro atoms. The molecule has 1 aromatic carbocycles. The molecule has 1 saturated heterocycles. The summed E-state index contributed by atoms with van der Waals surface area (Å²) in [5.41, 5.74) is 2.71. The Morgan fingerprint density at radius 3 is 2.25 bits per heavy atom. The Morgan fingerprint density at radius 1 is 1.04 bits per heavy atom. The van der Waals surface area contributed by atoms with E-state index in [0.717, 1.165) is 32.0 Å². The smallest absolute Gasteiger partial charge is 0.323 e. The maximum Gasteiger partial charge on any atom is 0.323 e. The second kappa shape index (κ2) is 7.90. The van der Waals surface area contributed by atoms with Crippen LogP contribution in [0.5, 0.6) is 0 Å². The molecule has 2 N–H and O–H groups in total. The van der Waals surface area contributed by atoms with Crippen LogP contribution in [0.2, 0.25) is 0 Å². The molecule has 3 rings (SSSR count). The number of hydrogen-bond donors (Lipinski definition) is 2. The number of urea groups is 1. The monoisotopic (exact) mass is 326 g/mol. The lowest BCUT2D eigenvalue weighted by Gasteiger charge is -2.32. The van der Waals surface area contributed by atoms with Crippen molar-refractivity contribution in [2.45, 2.75) is 13.0 Å². The maximum atomic E-state index is 12.0. The number of nitrogens with zero attached hydrogens (tertiary/aromatic N) is 2. The van der Waals surface area contributed by atoms with Crippen LogP contribution in [0.1, 0.15) is 18.5 Å². The van der Waals surface area contributed by atoms with Crippen LogP contribution in [-0.2, 0) is 4.74 Å². The van der Waals surface area contributed by atoms with Gasteiger partial charge in [0.25, 0.3) is 0 Å². The fourth-order valence-corrected chi connectivity index (χ4v) is 2.75. The van der Waals surface area contributed by atoms with Gasteiger partial charge < -0.3 is 15.4 Å². The van der Waals surface area contributed by atoms with Gasteiger partial charge in [0.05, 0.1) is 13.2 Å². The topological polar surface area (TPSA) is 66.5 Å². The number of aromatic nitrogens is 1. The molecule has 1 atom stereocenters. The predicted molar refractivity (Wildman–Crippen MR) is 94.1 cm³/mol. The normalized spacial score (nSPS) is 16.4. The zero-order chi connectivity index (χ0) is 16.8. The highest BCUT2D eigenvalue weighted by Gasteiger charge is 2.18. The minimum atomic E-state index is -0.268. The zero-order valence-electron chi connectivity index (χ0n) is 13.7. The molecule has 6 nitrogen and oxygen atoms in total. The molecule has 126 valence electrons. The average molecular weight is 326 g/mol. The molecule has 1 aliphatic heterocycles. The molecule has 6 heteroatoms. The molecule has 1 aromatic heterocycles. The van der Waals surface area contributed by atoms with Crippen LogP contribution >= 0.6 is 0 Å². The first-order valence-electron chi connectivity index (χ1n) is 8.12. The lowest BCUT2D eigenvalue weighted by Crippen LogP contribution is -2.38. The van der Waals surface area contributed by atoms with Gasteiger partial charge in [-0.05, 0) is 36.8 Å². The Hall–Kier alpha value is -2.44. The van der Waals surface area contributed by atoms with Gasteiger partial charge in [0.1, 0.15) is 0 Å². The second-order valence-corrected chi connectivity index (χ2v) is 5.76. The summed E-state index contributed by atoms with van der Waals surface area (Å²) in [6.07, 6.45) is 3.27. The molecular formula is C18H22N4O2. The first kappa shape index (κ1) is 16.4. The number of amides is 2. The molecule has 2 heterocycles. The second-order valence-electron chi connectivity index (χ2n) is 5.76. The minimum absolute atomic E-state index is 0.268. The van der Waals surface area contributed by atoms with Crippen molar-refractivity contribution >= 4 is 17.4 Å². The summed E-state index contributed by atoms with van der Waals surface area (Å²) in [6, 6.07) is 11.5. The Labute approximate surface area is 141 Å². The van der Waals surface area contributed by atoms with Crippen LogP contribution in [0.25, 0.3) is 0 Å². The summed E-state index contributed by atoms with van der Waals surface area (Å²) < 4.78 is 5.40. The average Bonchev–Trinajstić information content (AvgIpc) is 2.63. The van der Waals surface area contributed by atoms with Gasteiger partial charge >= 0.3 is 6.03 Å². The third-order valence-electron chi connectivity index (χ3n) is 4.18. The molecule has 0 bridgehead atoms. The fourth-order valence-electron chi connectivity index (χ4n) is 2.75. The van der Waals surface area contributed by atoms with E-state index in [-0.39, 0.29) is 6.03 Å². The van der Waals surface area contributed by atoms with Crippen molar-refractivity contribution in [2.24, 2.45) is 0 Å². The van der Waals surface area contributed by atoms with Gasteiger partial charge in [-0.2, -0.15) is 0 Å². The van der Waals surface area contributed by atoms with E-state index in [1.165, 1.54) is 5.56 Å². The Kier molecular flexibility index (Phi) is 5.40. The number of carbonyl (C=O) groups excluding carboxylic acids is 1. The number of morpholine rings is 1. The van der Waals surface area contributed by atoms with E-state index < -0.39 is 0 Å². The predicted octanol–water partition coefficient (Wildman–Crippen LogP) is 3.12. The Bertz CT molecular complexity index is 654. The quantitative estimate of drug-likeness (QED) is 0.906. The van der Waals surface area contributed by atoms with Crippen molar-refractivity contribution in [3.8, 4) is 0 Å². The number of benzene rings is 1. The lowest BCUT2D eigenvalue weighted by atomic mass is 10.1. The van der Waals surface area contributed by atoms with Crippen molar-refractivity contribution in [1.29, 1.82) is 0 Å². The van der Waals surface area contributed by atoms with Crippen molar-refractivity contribution < 1.29 is 9.53 Å². The van der Waals surface area contributed by atoms with Gasteiger partial charge in [-0.15, -0.1) is 0 Å². The summed E-state index contributed by atoms with van der Waals surface area (Å²) in [7, 11) is 0. The Morgan fingerprint density at radius 2 is 1.62 bits per heavy atom. The molecule has 2 aromatic rings. The number of hydrogen-bond acceptors (Lipinski definition) is 4. The van der Waals surface area contributed by atoms with E-state index >= 15 is 0 Å². The summed E-state index contributed by atoms with van der Waals surface area (Å²) in [5.74, 6) is 0. The van der Waals surface area contributed by atoms with Crippen LogP contribution in [0.15, 0.2) is 48.8 Å². The first-order chi connectivity index (χ1) is 11.7. The lowest BCUT2D eigenvalue weighted by molar-refractivity contribution is 0.0198. The molecule has 0 radical (unpaired) electrons. The van der Waals surface area contributed by atoms with Gasteiger partial charge in [0.2, 0.25) is 0 Å². The summed E-state index contributed by atoms with van der Waals surface area (Å²) >= 11 is 0. The highest BCUT2D eigenvalue weighted by Crippen LogP contribution is 2.22. The van der Waals surface area contributed by atoms with Gasteiger partial charge in [-0.25, -0.2) is 4.79 Å². The molecule has 0 unspecified atom stereocenters. The SMILES string of the molecule is C[C@H](c1ccc(NC(=O)Nc2ccncc2)cc1)N1CCOCC1. The van der Waals surface area contributed by atoms with Crippen LogP contribution in [0.3, 0.4) is 0 Å². The summed E-state index contributed by atoms with van der Waals surface area (Å²) in [4.78, 5) is 18.3. The van der Waals surface area contributed by atoms with Gasteiger partial charge in [0, 0.05) is 42.9 Å².